The lowest BCUT2D eigenvalue weighted by molar-refractivity contribution is -0.140. The molecule has 0 radical (unpaired) electrons. The van der Waals surface area contributed by atoms with Gasteiger partial charge in [0.2, 0.25) is 0 Å². The van der Waals surface area contributed by atoms with E-state index in [0.717, 1.165) is 16.7 Å². The van der Waals surface area contributed by atoms with Gasteiger partial charge in [-0.1, -0.05) is 34.9 Å². The van der Waals surface area contributed by atoms with Crippen molar-refractivity contribution < 1.29 is 14.7 Å². The number of aliphatic hydroxyl groups excluding tert-OH is 1. The van der Waals surface area contributed by atoms with E-state index in [0.29, 0.717) is 24.8 Å². The molecule has 132 valence electrons. The smallest absolute Gasteiger partial charge is 0.176 e. The van der Waals surface area contributed by atoms with Gasteiger partial charge in [-0.2, -0.15) is 0 Å². The maximum Gasteiger partial charge on any atom is 0.176 e. The predicted octanol–water partition coefficient (Wildman–Crippen LogP) is 5.40. The first-order valence-corrected chi connectivity index (χ1v) is 8.49. The molecular formula is C21H30O3. The normalized spacial score (nSPS) is 16.8. The second kappa shape index (κ2) is 8.27. The van der Waals surface area contributed by atoms with Crippen LogP contribution in [-0.2, 0) is 9.59 Å². The highest BCUT2D eigenvalue weighted by molar-refractivity contribution is 6.17. The zero-order valence-electron chi connectivity index (χ0n) is 15.8. The van der Waals surface area contributed by atoms with Crippen LogP contribution in [0.3, 0.4) is 0 Å². The summed E-state index contributed by atoms with van der Waals surface area (Å²) in [4.78, 5) is 25.9. The molecule has 0 spiro atoms. The molecule has 1 rings (SSSR count). The van der Waals surface area contributed by atoms with Crippen LogP contribution in [0.1, 0.15) is 67.2 Å². The van der Waals surface area contributed by atoms with E-state index in [4.69, 9.17) is 0 Å². The lowest BCUT2D eigenvalue weighted by Gasteiger charge is -2.34. The lowest BCUT2D eigenvalue weighted by atomic mass is 9.66. The summed E-state index contributed by atoms with van der Waals surface area (Å²) >= 11 is 0. The van der Waals surface area contributed by atoms with Crippen LogP contribution in [0, 0.1) is 5.41 Å². The van der Waals surface area contributed by atoms with Gasteiger partial charge in [-0.05, 0) is 60.8 Å². The Morgan fingerprint density at radius 2 is 1.38 bits per heavy atom. The molecule has 1 N–H and O–H groups in total. The van der Waals surface area contributed by atoms with E-state index in [1.54, 1.807) is 0 Å². The molecule has 0 aliphatic heterocycles. The summed E-state index contributed by atoms with van der Waals surface area (Å²) < 4.78 is 0. The Bertz CT molecular complexity index is 610. The first kappa shape index (κ1) is 20.1. The van der Waals surface area contributed by atoms with Gasteiger partial charge >= 0.3 is 0 Å². The topological polar surface area (TPSA) is 54.4 Å². The highest BCUT2D eigenvalue weighted by Crippen LogP contribution is 2.41. The first-order chi connectivity index (χ1) is 11.1. The third-order valence-electron chi connectivity index (χ3n) is 4.35. The molecular weight excluding hydrogens is 300 g/mol. The van der Waals surface area contributed by atoms with E-state index in [1.807, 2.05) is 59.8 Å². The molecule has 0 aromatic heterocycles. The zero-order chi connectivity index (χ0) is 18.5. The minimum absolute atomic E-state index is 0.0507. The number of rotatable bonds is 6. The van der Waals surface area contributed by atoms with Crippen LogP contribution in [0.25, 0.3) is 0 Å². The Labute approximate surface area is 145 Å². The van der Waals surface area contributed by atoms with E-state index in [2.05, 4.69) is 0 Å². The number of Topliss-reactive ketones (excluding diaryl/α,β-unsaturated/α-hetero) is 2. The summed E-state index contributed by atoms with van der Waals surface area (Å²) in [5.41, 5.74) is 2.55. The van der Waals surface area contributed by atoms with Crippen LogP contribution < -0.4 is 0 Å². The Morgan fingerprint density at radius 3 is 1.79 bits per heavy atom. The first-order valence-electron chi connectivity index (χ1n) is 8.49. The molecule has 3 heteroatoms. The molecule has 3 nitrogen and oxygen atoms in total. The minimum atomic E-state index is -1.08. The highest BCUT2D eigenvalue weighted by atomic mass is 16.3. The predicted molar refractivity (Wildman–Crippen MR) is 98.9 cm³/mol. The average Bonchev–Trinajstić information content (AvgIpc) is 2.45. The Balaban J connectivity index is 3.37. The summed E-state index contributed by atoms with van der Waals surface area (Å²) in [7, 11) is 0. The van der Waals surface area contributed by atoms with Gasteiger partial charge in [-0.25, -0.2) is 0 Å². The second-order valence-electron chi connectivity index (χ2n) is 7.39. The van der Waals surface area contributed by atoms with E-state index >= 15 is 0 Å². The number of ketones is 2. The van der Waals surface area contributed by atoms with Gasteiger partial charge in [-0.3, -0.25) is 9.59 Å². The fourth-order valence-corrected chi connectivity index (χ4v) is 2.74. The van der Waals surface area contributed by atoms with Crippen LogP contribution in [-0.4, -0.2) is 16.7 Å². The molecule has 0 fully saturated rings. The molecule has 1 aliphatic carbocycles. The van der Waals surface area contributed by atoms with Crippen LogP contribution in [0.4, 0.5) is 0 Å². The minimum Gasteiger partial charge on any atom is -0.511 e. The number of aliphatic hydroxyl groups is 1. The van der Waals surface area contributed by atoms with Gasteiger partial charge in [0.25, 0.3) is 0 Å². The van der Waals surface area contributed by atoms with Crippen LogP contribution in [0.2, 0.25) is 0 Å². The van der Waals surface area contributed by atoms with Crippen molar-refractivity contribution in [3.63, 3.8) is 0 Å². The van der Waals surface area contributed by atoms with Crippen LogP contribution in [0.5, 0.6) is 0 Å². The fourth-order valence-electron chi connectivity index (χ4n) is 2.74. The van der Waals surface area contributed by atoms with Crippen molar-refractivity contribution in [1.29, 1.82) is 0 Å². The summed E-state index contributed by atoms with van der Waals surface area (Å²) in [6, 6.07) is 0. The summed E-state index contributed by atoms with van der Waals surface area (Å²) in [5, 5.41) is 10.2. The second-order valence-corrected chi connectivity index (χ2v) is 7.39. The quantitative estimate of drug-likeness (QED) is 0.524. The van der Waals surface area contributed by atoms with Gasteiger partial charge in [0.1, 0.15) is 5.76 Å². The SMILES string of the molecule is CC(C)=CCC1=C(O)CC(=O)C(CC=C(C)C)(CC=C(C)C)C1=O. The average molecular weight is 330 g/mol. The van der Waals surface area contributed by atoms with Gasteiger partial charge < -0.3 is 5.11 Å². The molecule has 0 bridgehead atoms. The Morgan fingerprint density at radius 1 is 0.917 bits per heavy atom. The molecule has 0 amide bonds. The van der Waals surface area contributed by atoms with Crippen molar-refractivity contribution in [3.8, 4) is 0 Å². The van der Waals surface area contributed by atoms with Gasteiger partial charge in [0, 0.05) is 5.57 Å². The van der Waals surface area contributed by atoms with E-state index in [9.17, 15) is 14.7 Å². The number of hydrogen-bond donors (Lipinski definition) is 1. The number of carbonyl (C=O) groups is 2. The zero-order valence-corrected chi connectivity index (χ0v) is 15.8. The third kappa shape index (κ3) is 4.80. The summed E-state index contributed by atoms with van der Waals surface area (Å²) in [5.74, 6) is -0.461. The maximum atomic E-state index is 13.2. The van der Waals surface area contributed by atoms with E-state index in [1.165, 1.54) is 0 Å². The summed E-state index contributed by atoms with van der Waals surface area (Å²) in [6.07, 6.45) is 6.94. The van der Waals surface area contributed by atoms with Crippen LogP contribution >= 0.6 is 0 Å². The van der Waals surface area contributed by atoms with Crippen molar-refractivity contribution in [1.82, 2.24) is 0 Å². The third-order valence-corrected chi connectivity index (χ3v) is 4.35. The molecule has 0 saturated heterocycles. The molecule has 0 saturated carbocycles. The lowest BCUT2D eigenvalue weighted by Crippen LogP contribution is -2.43. The standard InChI is InChI=1S/C21H30O3/c1-14(2)7-8-17-18(22)13-19(23)21(20(17)24,11-9-15(3)4)12-10-16(5)6/h7,9-10,22H,8,11-13H2,1-6H3. The van der Waals surface area contributed by atoms with Crippen molar-refractivity contribution in [2.75, 3.05) is 0 Å². The van der Waals surface area contributed by atoms with Crippen molar-refractivity contribution in [2.24, 2.45) is 5.41 Å². The summed E-state index contributed by atoms with van der Waals surface area (Å²) in [6.45, 7) is 11.8. The van der Waals surface area contributed by atoms with Crippen molar-refractivity contribution in [3.05, 3.63) is 46.3 Å². The molecule has 0 aromatic rings. The van der Waals surface area contributed by atoms with E-state index < -0.39 is 5.41 Å². The highest BCUT2D eigenvalue weighted by Gasteiger charge is 2.48. The van der Waals surface area contributed by atoms with Gasteiger partial charge in [0.05, 0.1) is 11.8 Å². The maximum absolute atomic E-state index is 13.2. The van der Waals surface area contributed by atoms with Gasteiger partial charge in [0.15, 0.2) is 11.6 Å². The fraction of sp³-hybridized carbons (Fsp3) is 0.524. The monoisotopic (exact) mass is 330 g/mol. The molecule has 0 unspecified atom stereocenters. The molecule has 24 heavy (non-hydrogen) atoms. The molecule has 0 aromatic carbocycles. The van der Waals surface area contributed by atoms with E-state index in [-0.39, 0.29) is 23.7 Å². The molecule has 1 aliphatic rings. The van der Waals surface area contributed by atoms with Gasteiger partial charge in [-0.15, -0.1) is 0 Å². The largest absolute Gasteiger partial charge is 0.511 e. The van der Waals surface area contributed by atoms with Crippen molar-refractivity contribution >= 4 is 11.6 Å². The van der Waals surface area contributed by atoms with Crippen LogP contribution in [0.15, 0.2) is 46.3 Å². The Kier molecular flexibility index (Phi) is 6.94. The molecule has 0 heterocycles. The number of allylic oxidation sites excluding steroid dienone is 8. The Hall–Kier alpha value is -1.90. The number of hydrogen-bond acceptors (Lipinski definition) is 3. The van der Waals surface area contributed by atoms with Crippen molar-refractivity contribution in [2.45, 2.75) is 67.2 Å². The molecule has 0 atom stereocenters. The number of carbonyl (C=O) groups excluding carboxylic acids is 2.